The quantitative estimate of drug-likeness (QED) is 0.854. The Hall–Kier alpha value is -1.84. The number of aryl methyl sites for hydroxylation is 1. The molecule has 0 bridgehead atoms. The van der Waals surface area contributed by atoms with E-state index in [1.807, 2.05) is 43.9 Å². The molecule has 1 aromatic carbocycles. The highest BCUT2D eigenvalue weighted by Crippen LogP contribution is 2.28. The van der Waals surface area contributed by atoms with Gasteiger partial charge in [0, 0.05) is 25.1 Å². The number of hydrogen-bond acceptors (Lipinski definition) is 2. The van der Waals surface area contributed by atoms with Crippen LogP contribution >= 0.6 is 0 Å². The molecule has 2 heterocycles. The van der Waals surface area contributed by atoms with Crippen molar-refractivity contribution in [2.45, 2.75) is 46.2 Å². The van der Waals surface area contributed by atoms with E-state index in [9.17, 15) is 9.59 Å². The molecule has 4 nitrogen and oxygen atoms in total. The Morgan fingerprint density at radius 1 is 1.25 bits per heavy atom. The van der Waals surface area contributed by atoms with Crippen molar-refractivity contribution < 1.29 is 9.59 Å². The molecule has 2 aliphatic rings. The Labute approximate surface area is 120 Å². The molecule has 3 rings (SSSR count). The molecule has 0 saturated carbocycles. The molecule has 1 fully saturated rings. The summed E-state index contributed by atoms with van der Waals surface area (Å²) in [4.78, 5) is 25.4. The van der Waals surface area contributed by atoms with Gasteiger partial charge in [0.25, 0.3) is 5.91 Å². The first kappa shape index (κ1) is 14.6. The summed E-state index contributed by atoms with van der Waals surface area (Å²) in [5.74, 6) is 0.196. The van der Waals surface area contributed by atoms with E-state index in [1.54, 1.807) is 0 Å². The molecule has 2 amide bonds. The summed E-state index contributed by atoms with van der Waals surface area (Å²) in [5.41, 5.74) is 3.13. The van der Waals surface area contributed by atoms with Crippen molar-refractivity contribution in [3.63, 3.8) is 0 Å². The van der Waals surface area contributed by atoms with Crippen LogP contribution in [-0.2, 0) is 11.3 Å². The van der Waals surface area contributed by atoms with Crippen LogP contribution in [0.3, 0.4) is 0 Å². The van der Waals surface area contributed by atoms with E-state index < -0.39 is 0 Å². The number of nitrogens with zero attached hydrogens (tertiary/aromatic N) is 1. The minimum Gasteiger partial charge on any atom is -0.354 e. The van der Waals surface area contributed by atoms with Crippen LogP contribution in [0, 0.1) is 6.92 Å². The lowest BCUT2D eigenvalue weighted by Crippen LogP contribution is -2.48. The van der Waals surface area contributed by atoms with Gasteiger partial charge in [0.2, 0.25) is 5.91 Å². The molecule has 0 aliphatic carbocycles. The number of benzene rings is 1. The molecule has 4 heteroatoms. The number of carbonyl (C=O) groups excluding carboxylic acids is 2. The molecule has 2 aliphatic heterocycles. The van der Waals surface area contributed by atoms with Gasteiger partial charge >= 0.3 is 0 Å². The van der Waals surface area contributed by atoms with Gasteiger partial charge in [-0.25, -0.2) is 0 Å². The van der Waals surface area contributed by atoms with Gasteiger partial charge in [-0.1, -0.05) is 26.0 Å². The SMILES string of the molecule is CC.Cc1cccc2c1CN(C1CCC(=O)NC1)C2=O. The Morgan fingerprint density at radius 2 is 2.00 bits per heavy atom. The molecule has 1 saturated heterocycles. The van der Waals surface area contributed by atoms with Crippen molar-refractivity contribution in [2.24, 2.45) is 0 Å². The largest absolute Gasteiger partial charge is 0.354 e. The van der Waals surface area contributed by atoms with E-state index in [-0.39, 0.29) is 17.9 Å². The van der Waals surface area contributed by atoms with Gasteiger partial charge in [0.05, 0.1) is 6.04 Å². The summed E-state index contributed by atoms with van der Waals surface area (Å²) in [6.45, 7) is 7.30. The number of hydrogen-bond donors (Lipinski definition) is 1. The molecular formula is C16H22N2O2. The minimum atomic E-state index is 0.0894. The summed E-state index contributed by atoms with van der Waals surface area (Å²) < 4.78 is 0. The lowest BCUT2D eigenvalue weighted by atomic mass is 10.1. The summed E-state index contributed by atoms with van der Waals surface area (Å²) in [6, 6.07) is 6.00. The first-order valence-corrected chi connectivity index (χ1v) is 7.33. The lowest BCUT2D eigenvalue weighted by Gasteiger charge is -2.31. The number of fused-ring (bicyclic) bond motifs is 1. The van der Waals surface area contributed by atoms with Crippen LogP contribution in [0.2, 0.25) is 0 Å². The van der Waals surface area contributed by atoms with E-state index >= 15 is 0 Å². The maximum absolute atomic E-state index is 12.3. The molecule has 1 aromatic rings. The second-order valence-electron chi connectivity index (χ2n) is 5.03. The number of piperidine rings is 1. The Morgan fingerprint density at radius 3 is 2.60 bits per heavy atom. The van der Waals surface area contributed by atoms with Crippen molar-refractivity contribution in [3.05, 3.63) is 34.9 Å². The standard InChI is InChI=1S/C14H16N2O2.C2H6/c1-9-3-2-4-11-12(9)8-16(14(11)18)10-5-6-13(17)15-7-10;1-2/h2-4,10H,5-8H2,1H3,(H,15,17);1-2H3. The predicted octanol–water partition coefficient (Wildman–Crippen LogP) is 2.26. The van der Waals surface area contributed by atoms with Crippen molar-refractivity contribution in [1.82, 2.24) is 10.2 Å². The van der Waals surface area contributed by atoms with Gasteiger partial charge in [-0.3, -0.25) is 9.59 Å². The monoisotopic (exact) mass is 274 g/mol. The van der Waals surface area contributed by atoms with E-state index in [0.29, 0.717) is 19.5 Å². The third-order valence-corrected chi connectivity index (χ3v) is 3.91. The fraction of sp³-hybridized carbons (Fsp3) is 0.500. The number of nitrogens with one attached hydrogen (secondary N) is 1. The highest BCUT2D eigenvalue weighted by Gasteiger charge is 2.34. The van der Waals surface area contributed by atoms with Gasteiger partial charge in [-0.15, -0.1) is 0 Å². The molecule has 20 heavy (non-hydrogen) atoms. The second-order valence-corrected chi connectivity index (χ2v) is 5.03. The van der Waals surface area contributed by atoms with Gasteiger partial charge in [-0.2, -0.15) is 0 Å². The van der Waals surface area contributed by atoms with E-state index in [2.05, 4.69) is 5.32 Å². The highest BCUT2D eigenvalue weighted by molar-refractivity contribution is 5.99. The fourth-order valence-corrected chi connectivity index (χ4v) is 2.79. The highest BCUT2D eigenvalue weighted by atomic mass is 16.2. The molecule has 0 radical (unpaired) electrons. The molecule has 1 unspecified atom stereocenters. The smallest absolute Gasteiger partial charge is 0.254 e. The molecule has 1 N–H and O–H groups in total. The molecule has 0 spiro atoms. The number of amides is 2. The normalized spacial score (nSPS) is 20.9. The van der Waals surface area contributed by atoms with E-state index in [4.69, 9.17) is 0 Å². The zero-order chi connectivity index (χ0) is 14.7. The van der Waals surface area contributed by atoms with Gasteiger partial charge < -0.3 is 10.2 Å². The van der Waals surface area contributed by atoms with Crippen LogP contribution in [-0.4, -0.2) is 29.3 Å². The first-order chi connectivity index (χ1) is 9.66. The van der Waals surface area contributed by atoms with Crippen LogP contribution in [0.25, 0.3) is 0 Å². The predicted molar refractivity (Wildman–Crippen MR) is 78.4 cm³/mol. The molecule has 108 valence electrons. The van der Waals surface area contributed by atoms with Gasteiger partial charge in [-0.05, 0) is 30.5 Å². The maximum atomic E-state index is 12.3. The minimum absolute atomic E-state index is 0.0894. The van der Waals surface area contributed by atoms with Gasteiger partial charge in [0.1, 0.15) is 0 Å². The van der Waals surface area contributed by atoms with Crippen LogP contribution in [0.5, 0.6) is 0 Å². The lowest BCUT2D eigenvalue weighted by molar-refractivity contribution is -0.123. The topological polar surface area (TPSA) is 49.4 Å². The summed E-state index contributed by atoms with van der Waals surface area (Å²) >= 11 is 0. The Kier molecular flexibility index (Phi) is 4.42. The van der Waals surface area contributed by atoms with Crippen LogP contribution in [0.1, 0.15) is 48.2 Å². The summed E-state index contributed by atoms with van der Waals surface area (Å²) in [7, 11) is 0. The van der Waals surface area contributed by atoms with Crippen molar-refractivity contribution in [2.75, 3.05) is 6.54 Å². The van der Waals surface area contributed by atoms with Crippen molar-refractivity contribution in [3.8, 4) is 0 Å². The maximum Gasteiger partial charge on any atom is 0.254 e. The van der Waals surface area contributed by atoms with Crippen LogP contribution in [0.15, 0.2) is 18.2 Å². The van der Waals surface area contributed by atoms with Crippen molar-refractivity contribution in [1.29, 1.82) is 0 Å². The van der Waals surface area contributed by atoms with Crippen molar-refractivity contribution >= 4 is 11.8 Å². The zero-order valence-corrected chi connectivity index (χ0v) is 12.4. The first-order valence-electron chi connectivity index (χ1n) is 7.33. The third kappa shape index (κ3) is 2.55. The van der Waals surface area contributed by atoms with Gasteiger partial charge in [0.15, 0.2) is 0 Å². The van der Waals surface area contributed by atoms with E-state index in [1.165, 1.54) is 5.56 Å². The summed E-state index contributed by atoms with van der Waals surface area (Å²) in [6.07, 6.45) is 1.29. The zero-order valence-electron chi connectivity index (χ0n) is 12.4. The second kappa shape index (κ2) is 6.07. The summed E-state index contributed by atoms with van der Waals surface area (Å²) in [5, 5.41) is 2.84. The third-order valence-electron chi connectivity index (χ3n) is 3.91. The van der Waals surface area contributed by atoms with Crippen LogP contribution < -0.4 is 5.32 Å². The van der Waals surface area contributed by atoms with Crippen LogP contribution in [0.4, 0.5) is 0 Å². The Balaban J connectivity index is 0.000000704. The molecule has 1 atom stereocenters. The average Bonchev–Trinajstić information content (AvgIpc) is 2.81. The number of carbonyl (C=O) groups is 2. The number of rotatable bonds is 1. The van der Waals surface area contributed by atoms with E-state index in [0.717, 1.165) is 17.5 Å². The molecule has 0 aromatic heterocycles. The Bertz CT molecular complexity index is 515. The molecular weight excluding hydrogens is 252 g/mol. The fourth-order valence-electron chi connectivity index (χ4n) is 2.79. The average molecular weight is 274 g/mol.